The third-order valence-electron chi connectivity index (χ3n) is 4.37. The molecule has 1 N–H and O–H groups in total. The molecule has 1 aromatic carbocycles. The Morgan fingerprint density at radius 2 is 2.14 bits per heavy atom. The number of hydrogen-bond acceptors (Lipinski definition) is 2. The van der Waals surface area contributed by atoms with Gasteiger partial charge in [0.05, 0.1) is 17.7 Å². The van der Waals surface area contributed by atoms with E-state index in [0.29, 0.717) is 5.56 Å². The summed E-state index contributed by atoms with van der Waals surface area (Å²) < 4.78 is 13.8. The van der Waals surface area contributed by atoms with E-state index in [9.17, 15) is 9.18 Å². The Balaban J connectivity index is 1.79. The standard InChI is InChI=1S/C18H19FN2O/c1-12-4-3-5-14(10-12)18(7-8-18)17(22)21-13(2)15-6-9-20-11-16(15)19/h3-6,9-11,13H,7-8H2,1-2H3,(H,21,22). The molecule has 1 aromatic heterocycles. The van der Waals surface area contributed by atoms with E-state index in [-0.39, 0.29) is 11.9 Å². The Hall–Kier alpha value is -2.23. The molecule has 0 bridgehead atoms. The number of nitrogens with zero attached hydrogens (tertiary/aromatic N) is 1. The molecule has 1 saturated carbocycles. The van der Waals surface area contributed by atoms with Crippen LogP contribution in [0.25, 0.3) is 0 Å². The number of rotatable bonds is 4. The first kappa shape index (κ1) is 14.7. The maximum absolute atomic E-state index is 13.8. The van der Waals surface area contributed by atoms with E-state index in [4.69, 9.17) is 0 Å². The van der Waals surface area contributed by atoms with Crippen molar-refractivity contribution in [1.29, 1.82) is 0 Å². The van der Waals surface area contributed by atoms with Crippen LogP contribution in [0.15, 0.2) is 42.7 Å². The van der Waals surface area contributed by atoms with Crippen LogP contribution in [0.3, 0.4) is 0 Å². The van der Waals surface area contributed by atoms with Gasteiger partial charge >= 0.3 is 0 Å². The molecule has 1 unspecified atom stereocenters. The fourth-order valence-electron chi connectivity index (χ4n) is 2.86. The van der Waals surface area contributed by atoms with Crippen LogP contribution in [0.4, 0.5) is 4.39 Å². The Morgan fingerprint density at radius 1 is 1.36 bits per heavy atom. The van der Waals surface area contributed by atoms with Gasteiger partial charge in [0, 0.05) is 11.8 Å². The van der Waals surface area contributed by atoms with E-state index in [1.807, 2.05) is 25.1 Å². The number of halogens is 1. The summed E-state index contributed by atoms with van der Waals surface area (Å²) in [7, 11) is 0. The number of hydrogen-bond donors (Lipinski definition) is 1. The summed E-state index contributed by atoms with van der Waals surface area (Å²) in [5.41, 5.74) is 2.21. The Kier molecular flexibility index (Phi) is 3.69. The molecule has 22 heavy (non-hydrogen) atoms. The molecule has 3 rings (SSSR count). The van der Waals surface area contributed by atoms with Crippen LogP contribution in [0, 0.1) is 12.7 Å². The van der Waals surface area contributed by atoms with E-state index in [1.54, 1.807) is 13.0 Å². The smallest absolute Gasteiger partial charge is 0.231 e. The second-order valence-electron chi connectivity index (χ2n) is 6.04. The van der Waals surface area contributed by atoms with Crippen LogP contribution in [-0.4, -0.2) is 10.9 Å². The molecule has 0 aliphatic heterocycles. The van der Waals surface area contributed by atoms with Crippen LogP contribution >= 0.6 is 0 Å². The monoisotopic (exact) mass is 298 g/mol. The summed E-state index contributed by atoms with van der Waals surface area (Å²) in [5, 5.41) is 2.95. The molecule has 0 spiro atoms. The number of aromatic nitrogens is 1. The topological polar surface area (TPSA) is 42.0 Å². The normalized spacial score (nSPS) is 16.9. The molecule has 1 aliphatic carbocycles. The number of pyridine rings is 1. The lowest BCUT2D eigenvalue weighted by Gasteiger charge is -2.21. The molecule has 2 aromatic rings. The SMILES string of the molecule is Cc1cccc(C2(C(=O)NC(C)c3ccncc3F)CC2)c1. The fourth-order valence-corrected chi connectivity index (χ4v) is 2.86. The van der Waals surface area contributed by atoms with E-state index < -0.39 is 11.2 Å². The third kappa shape index (κ3) is 2.61. The Morgan fingerprint density at radius 3 is 2.77 bits per heavy atom. The Bertz CT molecular complexity index is 710. The number of benzene rings is 1. The lowest BCUT2D eigenvalue weighted by atomic mass is 9.93. The summed E-state index contributed by atoms with van der Waals surface area (Å²) >= 11 is 0. The second kappa shape index (κ2) is 5.52. The molecule has 114 valence electrons. The van der Waals surface area contributed by atoms with Crippen molar-refractivity contribution in [3.05, 3.63) is 65.2 Å². The summed E-state index contributed by atoms with van der Waals surface area (Å²) in [4.78, 5) is 16.4. The van der Waals surface area contributed by atoms with Crippen LogP contribution < -0.4 is 5.32 Å². The van der Waals surface area contributed by atoms with Crippen molar-refractivity contribution in [3.63, 3.8) is 0 Å². The molecule has 3 nitrogen and oxygen atoms in total. The Labute approximate surface area is 129 Å². The van der Waals surface area contributed by atoms with Gasteiger partial charge in [0.25, 0.3) is 0 Å². The highest BCUT2D eigenvalue weighted by atomic mass is 19.1. The minimum atomic E-state index is -0.441. The van der Waals surface area contributed by atoms with Crippen molar-refractivity contribution in [2.45, 2.75) is 38.1 Å². The minimum Gasteiger partial charge on any atom is -0.349 e. The maximum atomic E-state index is 13.8. The van der Waals surface area contributed by atoms with Gasteiger partial charge in [-0.1, -0.05) is 29.8 Å². The van der Waals surface area contributed by atoms with Gasteiger partial charge in [0.15, 0.2) is 0 Å². The first-order valence-electron chi connectivity index (χ1n) is 7.50. The van der Waals surface area contributed by atoms with Crippen LogP contribution in [0.2, 0.25) is 0 Å². The van der Waals surface area contributed by atoms with Crippen molar-refractivity contribution < 1.29 is 9.18 Å². The van der Waals surface area contributed by atoms with Crippen molar-refractivity contribution in [3.8, 4) is 0 Å². The highest BCUT2D eigenvalue weighted by Crippen LogP contribution is 2.48. The van der Waals surface area contributed by atoms with Crippen molar-refractivity contribution in [2.24, 2.45) is 0 Å². The van der Waals surface area contributed by atoms with Gasteiger partial charge in [-0.2, -0.15) is 0 Å². The maximum Gasteiger partial charge on any atom is 0.231 e. The quantitative estimate of drug-likeness (QED) is 0.939. The molecular weight excluding hydrogens is 279 g/mol. The van der Waals surface area contributed by atoms with E-state index in [2.05, 4.69) is 16.4 Å². The lowest BCUT2D eigenvalue weighted by Crippen LogP contribution is -2.36. The zero-order valence-corrected chi connectivity index (χ0v) is 12.8. The number of nitrogens with one attached hydrogen (secondary N) is 1. The van der Waals surface area contributed by atoms with Crippen molar-refractivity contribution >= 4 is 5.91 Å². The molecule has 1 amide bonds. The molecule has 0 saturated heterocycles. The summed E-state index contributed by atoms with van der Waals surface area (Å²) in [6, 6.07) is 9.28. The van der Waals surface area contributed by atoms with Gasteiger partial charge < -0.3 is 5.32 Å². The second-order valence-corrected chi connectivity index (χ2v) is 6.04. The van der Waals surface area contributed by atoms with Gasteiger partial charge in [-0.05, 0) is 38.3 Å². The zero-order chi connectivity index (χ0) is 15.7. The highest BCUT2D eigenvalue weighted by molar-refractivity contribution is 5.91. The molecule has 1 heterocycles. The summed E-state index contributed by atoms with van der Waals surface area (Å²) in [5.74, 6) is -0.419. The largest absolute Gasteiger partial charge is 0.349 e. The van der Waals surface area contributed by atoms with Crippen molar-refractivity contribution in [1.82, 2.24) is 10.3 Å². The van der Waals surface area contributed by atoms with Crippen LogP contribution in [0.1, 0.15) is 42.5 Å². The van der Waals surface area contributed by atoms with Crippen LogP contribution in [0.5, 0.6) is 0 Å². The number of carbonyl (C=O) groups is 1. The van der Waals surface area contributed by atoms with Gasteiger partial charge in [-0.15, -0.1) is 0 Å². The predicted molar refractivity (Wildman–Crippen MR) is 82.8 cm³/mol. The predicted octanol–water partition coefficient (Wildman–Crippen LogP) is 3.44. The van der Waals surface area contributed by atoms with Gasteiger partial charge in [0.1, 0.15) is 5.82 Å². The van der Waals surface area contributed by atoms with E-state index in [1.165, 1.54) is 12.4 Å². The van der Waals surface area contributed by atoms with Crippen molar-refractivity contribution in [2.75, 3.05) is 0 Å². The molecule has 4 heteroatoms. The van der Waals surface area contributed by atoms with Gasteiger partial charge in [-0.25, -0.2) is 4.39 Å². The minimum absolute atomic E-state index is 0.0261. The van der Waals surface area contributed by atoms with E-state index in [0.717, 1.165) is 24.0 Å². The molecular formula is C18H19FN2O. The highest BCUT2D eigenvalue weighted by Gasteiger charge is 2.51. The molecule has 1 atom stereocenters. The molecule has 0 radical (unpaired) electrons. The van der Waals surface area contributed by atoms with Gasteiger partial charge in [-0.3, -0.25) is 9.78 Å². The third-order valence-corrected chi connectivity index (χ3v) is 4.37. The first-order valence-corrected chi connectivity index (χ1v) is 7.50. The molecule has 1 fully saturated rings. The molecule has 1 aliphatic rings. The number of aryl methyl sites for hydroxylation is 1. The first-order chi connectivity index (χ1) is 10.5. The average molecular weight is 298 g/mol. The van der Waals surface area contributed by atoms with E-state index >= 15 is 0 Å². The zero-order valence-electron chi connectivity index (χ0n) is 12.8. The summed E-state index contributed by atoms with van der Waals surface area (Å²) in [6.07, 6.45) is 4.39. The number of carbonyl (C=O) groups excluding carboxylic acids is 1. The average Bonchev–Trinajstić information content (AvgIpc) is 3.29. The van der Waals surface area contributed by atoms with Crippen LogP contribution in [-0.2, 0) is 10.2 Å². The lowest BCUT2D eigenvalue weighted by molar-refractivity contribution is -0.124. The fraction of sp³-hybridized carbons (Fsp3) is 0.333. The number of amides is 1. The van der Waals surface area contributed by atoms with Gasteiger partial charge in [0.2, 0.25) is 5.91 Å². The summed E-state index contributed by atoms with van der Waals surface area (Å²) in [6.45, 7) is 3.81.